The van der Waals surface area contributed by atoms with Gasteiger partial charge in [0.15, 0.2) is 14.9 Å². The third-order valence-corrected chi connectivity index (χ3v) is 6.78. The minimum atomic E-state index is -3.34. The van der Waals surface area contributed by atoms with Crippen molar-refractivity contribution in [1.29, 1.82) is 0 Å². The Labute approximate surface area is 172 Å². The monoisotopic (exact) mass is 429 g/mol. The fourth-order valence-electron chi connectivity index (χ4n) is 3.14. The molecule has 1 aliphatic heterocycles. The summed E-state index contributed by atoms with van der Waals surface area (Å²) in [5.74, 6) is 1.09. The van der Waals surface area contributed by atoms with Crippen molar-refractivity contribution < 1.29 is 17.9 Å². The maximum absolute atomic E-state index is 11.5. The molecule has 3 heterocycles. The van der Waals surface area contributed by atoms with E-state index in [4.69, 9.17) is 4.74 Å². The minimum absolute atomic E-state index is 0.00878. The normalized spacial score (nSPS) is 16.8. The molecule has 4 rings (SSSR count). The molecular weight excluding hydrogens is 410 g/mol. The summed E-state index contributed by atoms with van der Waals surface area (Å²) in [4.78, 5) is 22.6. The number of hydrogen-bond donors (Lipinski definition) is 1. The van der Waals surface area contributed by atoms with Crippen molar-refractivity contribution in [2.75, 3.05) is 12.8 Å². The van der Waals surface area contributed by atoms with Gasteiger partial charge in [-0.3, -0.25) is 4.99 Å². The molecule has 0 saturated heterocycles. The topological polar surface area (TPSA) is 101 Å². The summed E-state index contributed by atoms with van der Waals surface area (Å²) in [5, 5.41) is 2.11. The molecule has 1 aliphatic rings. The van der Waals surface area contributed by atoms with Gasteiger partial charge in [0.25, 0.3) is 0 Å². The molecule has 0 radical (unpaired) electrons. The lowest BCUT2D eigenvalue weighted by Crippen LogP contribution is -2.03. The number of ether oxygens (including phenoxy) is 1. The van der Waals surface area contributed by atoms with E-state index in [1.165, 1.54) is 12.3 Å². The van der Waals surface area contributed by atoms with E-state index < -0.39 is 9.84 Å². The standard InChI is InChI=1S/C20H19N3O4S2/c1-12-7-15(27-14-3-4-18(21-10-14)29(2,25)26)8-13-9-17(23-19(12)13)20-22-11-16(28-20)5-6-24/h3-4,6-10,16,23H,5,11H2,1-2H3. The number of rotatable bonds is 6. The van der Waals surface area contributed by atoms with Crippen molar-refractivity contribution in [2.24, 2.45) is 4.99 Å². The first kappa shape index (κ1) is 19.7. The summed E-state index contributed by atoms with van der Waals surface area (Å²) in [6.45, 7) is 2.64. The molecule has 7 nitrogen and oxygen atoms in total. The number of sulfone groups is 1. The zero-order chi connectivity index (χ0) is 20.6. The van der Waals surface area contributed by atoms with Crippen molar-refractivity contribution in [3.05, 3.63) is 47.8 Å². The lowest BCUT2D eigenvalue weighted by molar-refractivity contribution is -0.107. The molecule has 3 aromatic rings. The Bertz CT molecular complexity index is 1210. The second-order valence-corrected chi connectivity index (χ2v) is 10.1. The Morgan fingerprint density at radius 1 is 1.28 bits per heavy atom. The summed E-state index contributed by atoms with van der Waals surface area (Å²) < 4.78 is 28.9. The fraction of sp³-hybridized carbons (Fsp3) is 0.250. The van der Waals surface area contributed by atoms with Gasteiger partial charge in [0.05, 0.1) is 18.4 Å². The average Bonchev–Trinajstić information content (AvgIpc) is 3.29. The number of benzene rings is 1. The van der Waals surface area contributed by atoms with E-state index in [-0.39, 0.29) is 10.3 Å². The van der Waals surface area contributed by atoms with Crippen LogP contribution >= 0.6 is 11.8 Å². The molecular formula is C20H19N3O4S2. The molecule has 150 valence electrons. The van der Waals surface area contributed by atoms with Crippen LogP contribution in [0.15, 0.2) is 46.5 Å². The van der Waals surface area contributed by atoms with E-state index in [0.29, 0.717) is 24.5 Å². The van der Waals surface area contributed by atoms with Crippen molar-refractivity contribution in [2.45, 2.75) is 23.6 Å². The average molecular weight is 430 g/mol. The zero-order valence-corrected chi connectivity index (χ0v) is 17.5. The summed E-state index contributed by atoms with van der Waals surface area (Å²) in [7, 11) is -3.34. The number of nitrogens with one attached hydrogen (secondary N) is 1. The van der Waals surface area contributed by atoms with Crippen LogP contribution in [0.1, 0.15) is 17.7 Å². The van der Waals surface area contributed by atoms with E-state index in [1.807, 2.05) is 25.1 Å². The predicted octanol–water partition coefficient (Wildman–Crippen LogP) is 3.52. The van der Waals surface area contributed by atoms with Crippen molar-refractivity contribution in [1.82, 2.24) is 9.97 Å². The smallest absolute Gasteiger partial charge is 0.192 e. The molecule has 9 heteroatoms. The van der Waals surface area contributed by atoms with Gasteiger partial charge in [-0.2, -0.15) is 0 Å². The first-order chi connectivity index (χ1) is 13.8. The van der Waals surface area contributed by atoms with Crippen LogP contribution in [0, 0.1) is 6.92 Å². The number of aromatic amines is 1. The fourth-order valence-corrected chi connectivity index (χ4v) is 4.73. The van der Waals surface area contributed by atoms with Gasteiger partial charge in [0, 0.05) is 28.8 Å². The number of thioether (sulfide) groups is 1. The molecule has 0 bridgehead atoms. The maximum Gasteiger partial charge on any atom is 0.192 e. The molecule has 1 N–H and O–H groups in total. The number of aldehydes is 1. The van der Waals surface area contributed by atoms with Crippen LogP contribution in [0.2, 0.25) is 0 Å². The molecule has 1 aromatic carbocycles. The molecule has 2 aromatic heterocycles. The van der Waals surface area contributed by atoms with Gasteiger partial charge in [-0.1, -0.05) is 11.8 Å². The second-order valence-electron chi connectivity index (χ2n) is 6.88. The van der Waals surface area contributed by atoms with Crippen LogP contribution < -0.4 is 4.74 Å². The Morgan fingerprint density at radius 2 is 2.10 bits per heavy atom. The Hall–Kier alpha value is -2.65. The number of aromatic nitrogens is 2. The summed E-state index contributed by atoms with van der Waals surface area (Å²) >= 11 is 1.62. The highest BCUT2D eigenvalue weighted by Gasteiger charge is 2.22. The van der Waals surface area contributed by atoms with E-state index in [9.17, 15) is 13.2 Å². The van der Waals surface area contributed by atoms with Crippen LogP contribution in [0.3, 0.4) is 0 Å². The highest BCUT2D eigenvalue weighted by Crippen LogP contribution is 2.32. The Kier molecular flexibility index (Phi) is 5.18. The third kappa shape index (κ3) is 4.20. The van der Waals surface area contributed by atoms with Gasteiger partial charge in [-0.05, 0) is 42.8 Å². The van der Waals surface area contributed by atoms with Crippen molar-refractivity contribution >= 4 is 43.8 Å². The number of fused-ring (bicyclic) bond motifs is 1. The number of aliphatic imine (C=N–C) groups is 1. The molecule has 0 aliphatic carbocycles. The van der Waals surface area contributed by atoms with Crippen molar-refractivity contribution in [3.63, 3.8) is 0 Å². The van der Waals surface area contributed by atoms with Crippen LogP contribution in [-0.4, -0.2) is 47.8 Å². The predicted molar refractivity (Wildman–Crippen MR) is 114 cm³/mol. The van der Waals surface area contributed by atoms with E-state index in [1.54, 1.807) is 17.8 Å². The van der Waals surface area contributed by atoms with Gasteiger partial charge in [-0.15, -0.1) is 0 Å². The molecule has 0 spiro atoms. The molecule has 1 unspecified atom stereocenters. The third-order valence-electron chi connectivity index (χ3n) is 4.53. The largest absolute Gasteiger partial charge is 0.456 e. The Balaban J connectivity index is 1.58. The number of H-pyrrole nitrogens is 1. The van der Waals surface area contributed by atoms with Gasteiger partial charge in [-0.25, -0.2) is 13.4 Å². The van der Waals surface area contributed by atoms with Gasteiger partial charge < -0.3 is 14.5 Å². The lowest BCUT2D eigenvalue weighted by atomic mass is 10.1. The van der Waals surface area contributed by atoms with E-state index in [0.717, 1.165) is 39.7 Å². The molecule has 0 amide bonds. The van der Waals surface area contributed by atoms with Crippen LogP contribution in [0.5, 0.6) is 11.5 Å². The molecule has 1 atom stereocenters. The number of carbonyl (C=O) groups is 1. The van der Waals surface area contributed by atoms with Gasteiger partial charge in [0.1, 0.15) is 22.8 Å². The SMILES string of the molecule is Cc1cc(Oc2ccc(S(C)(=O)=O)nc2)cc2cc(C3=NCC(CC=O)S3)[nH]c12. The maximum atomic E-state index is 11.5. The lowest BCUT2D eigenvalue weighted by Gasteiger charge is -2.07. The Morgan fingerprint density at radius 3 is 2.79 bits per heavy atom. The summed E-state index contributed by atoms with van der Waals surface area (Å²) in [6.07, 6.45) is 3.95. The number of pyridine rings is 1. The first-order valence-electron chi connectivity index (χ1n) is 8.96. The number of nitrogens with zero attached hydrogens (tertiary/aromatic N) is 2. The van der Waals surface area contributed by atoms with E-state index >= 15 is 0 Å². The second kappa shape index (κ2) is 7.64. The molecule has 29 heavy (non-hydrogen) atoms. The van der Waals surface area contributed by atoms with Crippen LogP contribution in [0.25, 0.3) is 10.9 Å². The molecule has 0 fully saturated rings. The van der Waals surface area contributed by atoms with E-state index in [2.05, 4.69) is 15.0 Å². The summed E-state index contributed by atoms with van der Waals surface area (Å²) in [5.41, 5.74) is 2.94. The first-order valence-corrected chi connectivity index (χ1v) is 11.7. The minimum Gasteiger partial charge on any atom is -0.456 e. The quantitative estimate of drug-likeness (QED) is 0.602. The number of hydrogen-bond acceptors (Lipinski definition) is 7. The zero-order valence-electron chi connectivity index (χ0n) is 15.9. The van der Waals surface area contributed by atoms with Crippen LogP contribution in [0.4, 0.5) is 0 Å². The van der Waals surface area contributed by atoms with Crippen molar-refractivity contribution in [3.8, 4) is 11.5 Å². The highest BCUT2D eigenvalue weighted by molar-refractivity contribution is 8.15. The molecule has 0 saturated carbocycles. The summed E-state index contributed by atoms with van der Waals surface area (Å²) in [6, 6.07) is 8.86. The van der Waals surface area contributed by atoms with Crippen LogP contribution in [-0.2, 0) is 14.6 Å². The van der Waals surface area contributed by atoms with Gasteiger partial charge in [0.2, 0.25) is 0 Å². The number of carbonyl (C=O) groups excluding carboxylic acids is 1. The highest BCUT2D eigenvalue weighted by atomic mass is 32.2. The van der Waals surface area contributed by atoms with Gasteiger partial charge >= 0.3 is 0 Å². The number of aryl methyl sites for hydroxylation is 1.